The molecule has 144 valence electrons. The van der Waals surface area contributed by atoms with Crippen LogP contribution >= 0.6 is 11.6 Å². The van der Waals surface area contributed by atoms with E-state index in [2.05, 4.69) is 0 Å². The predicted molar refractivity (Wildman–Crippen MR) is 86.6 cm³/mol. The van der Waals surface area contributed by atoms with Gasteiger partial charge in [-0.1, -0.05) is 11.6 Å². The Morgan fingerprint density at radius 2 is 1.77 bits per heavy atom. The van der Waals surface area contributed by atoms with Crippen LogP contribution < -0.4 is 4.74 Å². The van der Waals surface area contributed by atoms with Crippen LogP contribution in [0.4, 0.5) is 0 Å². The molecule has 4 N–H and O–H groups in total. The van der Waals surface area contributed by atoms with Crippen molar-refractivity contribution in [2.45, 2.75) is 50.2 Å². The molecule has 1 fully saturated rings. The molecule has 1 aromatic rings. The van der Waals surface area contributed by atoms with Gasteiger partial charge in [-0.05, 0) is 38.1 Å². The Kier molecular flexibility index (Phi) is 6.09. The van der Waals surface area contributed by atoms with Crippen molar-refractivity contribution in [1.82, 2.24) is 0 Å². The molecule has 0 amide bonds. The molecule has 1 heterocycles. The number of ether oxygens (including phenoxy) is 3. The SMILES string of the molecule is CC(C)(Oc1ccc(Cl)cc1)C(=O)OC1OC([C@H](O)C(=O)O)[C@H](O)[C@H]1O. The smallest absolute Gasteiger partial charge is 0.352 e. The highest BCUT2D eigenvalue weighted by Gasteiger charge is 2.51. The molecule has 0 bridgehead atoms. The van der Waals surface area contributed by atoms with Crippen molar-refractivity contribution in [3.8, 4) is 5.75 Å². The number of aliphatic carboxylic acids is 1. The molecule has 1 aromatic carbocycles. The Labute approximate surface area is 153 Å². The first-order valence-corrected chi connectivity index (χ1v) is 7.99. The maximum atomic E-state index is 12.3. The van der Waals surface area contributed by atoms with Gasteiger partial charge in [0.25, 0.3) is 0 Å². The molecule has 0 radical (unpaired) electrons. The molecule has 5 atom stereocenters. The van der Waals surface area contributed by atoms with Gasteiger partial charge in [-0.15, -0.1) is 0 Å². The zero-order valence-corrected chi connectivity index (χ0v) is 14.7. The second kappa shape index (κ2) is 7.77. The lowest BCUT2D eigenvalue weighted by atomic mass is 10.1. The second-order valence-corrected chi connectivity index (χ2v) is 6.64. The minimum Gasteiger partial charge on any atom is -0.479 e. The van der Waals surface area contributed by atoms with Gasteiger partial charge in [0.05, 0.1) is 0 Å². The topological polar surface area (TPSA) is 143 Å². The number of esters is 1. The monoisotopic (exact) mass is 390 g/mol. The highest BCUT2D eigenvalue weighted by molar-refractivity contribution is 6.30. The normalized spacial score (nSPS) is 27.0. The average Bonchev–Trinajstić information content (AvgIpc) is 2.84. The molecule has 26 heavy (non-hydrogen) atoms. The van der Waals surface area contributed by atoms with Crippen molar-refractivity contribution < 1.29 is 44.2 Å². The number of rotatable bonds is 6. The fourth-order valence-corrected chi connectivity index (χ4v) is 2.38. The number of aliphatic hydroxyl groups excluding tert-OH is 3. The van der Waals surface area contributed by atoms with E-state index in [1.54, 1.807) is 24.3 Å². The van der Waals surface area contributed by atoms with E-state index in [0.29, 0.717) is 10.8 Å². The second-order valence-electron chi connectivity index (χ2n) is 6.20. The summed E-state index contributed by atoms with van der Waals surface area (Å²) in [5.74, 6) is -2.25. The highest BCUT2D eigenvalue weighted by Crippen LogP contribution is 2.27. The number of carboxylic acids is 1. The largest absolute Gasteiger partial charge is 0.479 e. The third-order valence-corrected chi connectivity index (χ3v) is 3.97. The first-order valence-electron chi connectivity index (χ1n) is 7.61. The molecule has 1 saturated heterocycles. The fourth-order valence-electron chi connectivity index (χ4n) is 2.26. The number of carbonyl (C=O) groups is 2. The lowest BCUT2D eigenvalue weighted by Crippen LogP contribution is -2.44. The molecule has 0 saturated carbocycles. The molecule has 1 aliphatic heterocycles. The first kappa shape index (κ1) is 20.4. The van der Waals surface area contributed by atoms with Crippen LogP contribution in [0.3, 0.4) is 0 Å². The maximum absolute atomic E-state index is 12.3. The van der Waals surface area contributed by atoms with E-state index >= 15 is 0 Å². The average molecular weight is 391 g/mol. The summed E-state index contributed by atoms with van der Waals surface area (Å²) in [6.07, 6.45) is -8.89. The van der Waals surface area contributed by atoms with Crippen LogP contribution in [0.15, 0.2) is 24.3 Å². The van der Waals surface area contributed by atoms with Crippen molar-refractivity contribution in [2.24, 2.45) is 0 Å². The van der Waals surface area contributed by atoms with Crippen LogP contribution in [-0.4, -0.2) is 68.7 Å². The van der Waals surface area contributed by atoms with Crippen LogP contribution in [0.2, 0.25) is 5.02 Å². The Morgan fingerprint density at radius 1 is 1.19 bits per heavy atom. The summed E-state index contributed by atoms with van der Waals surface area (Å²) in [7, 11) is 0. The highest BCUT2D eigenvalue weighted by atomic mass is 35.5. The molecular weight excluding hydrogens is 372 g/mol. The zero-order chi connectivity index (χ0) is 19.6. The summed E-state index contributed by atoms with van der Waals surface area (Å²) in [4.78, 5) is 23.1. The molecule has 0 spiro atoms. The number of hydrogen-bond donors (Lipinski definition) is 4. The predicted octanol–water partition coefficient (Wildman–Crippen LogP) is -0.0672. The number of hydrogen-bond acceptors (Lipinski definition) is 8. The Hall–Kier alpha value is -1.91. The van der Waals surface area contributed by atoms with E-state index in [0.717, 1.165) is 0 Å². The van der Waals surface area contributed by atoms with Crippen LogP contribution in [0.1, 0.15) is 13.8 Å². The first-order chi connectivity index (χ1) is 12.0. The van der Waals surface area contributed by atoms with Gasteiger partial charge in [-0.2, -0.15) is 0 Å². The fraction of sp³-hybridized carbons (Fsp3) is 0.500. The van der Waals surface area contributed by atoms with E-state index in [9.17, 15) is 24.9 Å². The van der Waals surface area contributed by atoms with Gasteiger partial charge >= 0.3 is 11.9 Å². The number of benzene rings is 1. The van der Waals surface area contributed by atoms with E-state index in [4.69, 9.17) is 30.9 Å². The number of carboxylic acid groups (broad SMARTS) is 1. The summed E-state index contributed by atoms with van der Waals surface area (Å²) in [6.45, 7) is 2.82. The summed E-state index contributed by atoms with van der Waals surface area (Å²) in [5, 5.41) is 38.4. The zero-order valence-electron chi connectivity index (χ0n) is 13.9. The van der Waals surface area contributed by atoms with Gasteiger partial charge in [0.15, 0.2) is 11.7 Å². The van der Waals surface area contributed by atoms with Crippen LogP contribution in [0, 0.1) is 0 Å². The third kappa shape index (κ3) is 4.43. The van der Waals surface area contributed by atoms with Crippen molar-refractivity contribution in [3.05, 3.63) is 29.3 Å². The lowest BCUT2D eigenvalue weighted by molar-refractivity contribution is -0.206. The Morgan fingerprint density at radius 3 is 2.31 bits per heavy atom. The minimum atomic E-state index is -2.10. The molecule has 2 rings (SSSR count). The number of carbonyl (C=O) groups excluding carboxylic acids is 1. The molecule has 9 nitrogen and oxygen atoms in total. The van der Waals surface area contributed by atoms with E-state index < -0.39 is 48.2 Å². The number of aliphatic hydroxyl groups is 3. The van der Waals surface area contributed by atoms with Gasteiger partial charge in [-0.25, -0.2) is 9.59 Å². The minimum absolute atomic E-state index is 0.337. The standard InChI is InChI=1S/C16H19ClO9/c1-16(2,26-8-5-3-7(17)4-6-8)15(23)25-14-10(19)9(18)12(24-14)11(20)13(21)22/h3-6,9-12,14,18-20H,1-2H3,(H,21,22)/t9-,10-,11+,12?,14?/m1/s1. The summed E-state index contributed by atoms with van der Waals surface area (Å²) in [5.41, 5.74) is -1.49. The van der Waals surface area contributed by atoms with Gasteiger partial charge in [0.1, 0.15) is 24.1 Å². The van der Waals surface area contributed by atoms with Crippen molar-refractivity contribution in [2.75, 3.05) is 0 Å². The lowest BCUT2D eigenvalue weighted by Gasteiger charge is -2.26. The van der Waals surface area contributed by atoms with E-state index in [1.165, 1.54) is 13.8 Å². The van der Waals surface area contributed by atoms with Crippen LogP contribution in [0.25, 0.3) is 0 Å². The van der Waals surface area contributed by atoms with Crippen LogP contribution in [0.5, 0.6) is 5.75 Å². The Bertz CT molecular complexity index is 660. The van der Waals surface area contributed by atoms with Crippen molar-refractivity contribution >= 4 is 23.5 Å². The third-order valence-electron chi connectivity index (χ3n) is 3.72. The van der Waals surface area contributed by atoms with Gasteiger partial charge in [0, 0.05) is 5.02 Å². The molecular formula is C16H19ClO9. The Balaban J connectivity index is 2.03. The van der Waals surface area contributed by atoms with Crippen molar-refractivity contribution in [1.29, 1.82) is 0 Å². The van der Waals surface area contributed by atoms with Gasteiger partial charge in [0.2, 0.25) is 6.29 Å². The summed E-state index contributed by atoms with van der Waals surface area (Å²) >= 11 is 5.77. The maximum Gasteiger partial charge on any atom is 0.352 e. The molecule has 10 heteroatoms. The van der Waals surface area contributed by atoms with E-state index in [-0.39, 0.29) is 0 Å². The molecule has 0 aliphatic carbocycles. The molecule has 2 unspecified atom stereocenters. The number of halogens is 1. The van der Waals surface area contributed by atoms with E-state index in [1.807, 2.05) is 0 Å². The summed E-state index contributed by atoms with van der Waals surface area (Å²) < 4.78 is 15.5. The van der Waals surface area contributed by atoms with Crippen molar-refractivity contribution in [3.63, 3.8) is 0 Å². The van der Waals surface area contributed by atoms with Crippen LogP contribution in [-0.2, 0) is 19.1 Å². The summed E-state index contributed by atoms with van der Waals surface area (Å²) in [6, 6.07) is 6.22. The molecule has 0 aromatic heterocycles. The molecule has 1 aliphatic rings. The van der Waals surface area contributed by atoms with Gasteiger partial charge < -0.3 is 34.6 Å². The quantitative estimate of drug-likeness (QED) is 0.491. The van der Waals surface area contributed by atoms with Gasteiger partial charge in [-0.3, -0.25) is 0 Å².